The summed E-state index contributed by atoms with van der Waals surface area (Å²) < 4.78 is 51.2. The highest BCUT2D eigenvalue weighted by Gasteiger charge is 2.31. The van der Waals surface area contributed by atoms with Crippen molar-refractivity contribution in [1.82, 2.24) is 9.55 Å². The monoisotopic (exact) mass is 379 g/mol. The van der Waals surface area contributed by atoms with Crippen LogP contribution < -0.4 is 5.32 Å². The summed E-state index contributed by atoms with van der Waals surface area (Å²) in [7, 11) is 0. The van der Waals surface area contributed by atoms with Crippen molar-refractivity contribution in [2.75, 3.05) is 18.5 Å². The van der Waals surface area contributed by atoms with E-state index in [9.17, 15) is 18.0 Å². The van der Waals surface area contributed by atoms with E-state index < -0.39 is 11.7 Å². The van der Waals surface area contributed by atoms with Gasteiger partial charge in [0.05, 0.1) is 41.9 Å². The number of furan rings is 1. The van der Waals surface area contributed by atoms with E-state index in [4.69, 9.17) is 9.15 Å². The topological polar surface area (TPSA) is 69.3 Å². The molecule has 3 heterocycles. The van der Waals surface area contributed by atoms with Crippen molar-refractivity contribution in [2.45, 2.75) is 19.1 Å². The van der Waals surface area contributed by atoms with Gasteiger partial charge in [0.1, 0.15) is 5.76 Å². The van der Waals surface area contributed by atoms with Gasteiger partial charge in [-0.25, -0.2) is 4.98 Å². The van der Waals surface area contributed by atoms with Gasteiger partial charge >= 0.3 is 6.18 Å². The molecule has 142 valence electrons. The van der Waals surface area contributed by atoms with Crippen LogP contribution in [-0.4, -0.2) is 28.7 Å². The van der Waals surface area contributed by atoms with E-state index in [-0.39, 0.29) is 29.8 Å². The highest BCUT2D eigenvalue weighted by atomic mass is 19.4. The molecule has 27 heavy (non-hydrogen) atoms. The molecule has 3 aromatic rings. The lowest BCUT2D eigenvalue weighted by Gasteiger charge is -2.11. The van der Waals surface area contributed by atoms with Gasteiger partial charge in [0.15, 0.2) is 0 Å². The largest absolute Gasteiger partial charge is 0.467 e. The van der Waals surface area contributed by atoms with E-state index in [2.05, 4.69) is 10.3 Å². The molecule has 2 aromatic heterocycles. The predicted molar refractivity (Wildman–Crippen MR) is 90.1 cm³/mol. The van der Waals surface area contributed by atoms with Crippen LogP contribution in [0.3, 0.4) is 0 Å². The average molecular weight is 379 g/mol. The van der Waals surface area contributed by atoms with Crippen LogP contribution in [0.4, 0.5) is 19.1 Å². The molecule has 1 aliphatic rings. The summed E-state index contributed by atoms with van der Waals surface area (Å²) in [5.74, 6) is 0.207. The Morgan fingerprint density at radius 2 is 2.19 bits per heavy atom. The van der Waals surface area contributed by atoms with E-state index in [1.54, 1.807) is 16.7 Å². The number of aromatic nitrogens is 2. The van der Waals surface area contributed by atoms with E-state index in [0.717, 1.165) is 12.1 Å². The van der Waals surface area contributed by atoms with Crippen LogP contribution in [0.5, 0.6) is 0 Å². The first-order valence-corrected chi connectivity index (χ1v) is 8.40. The molecular weight excluding hydrogens is 363 g/mol. The molecule has 1 amide bonds. The Morgan fingerprint density at radius 3 is 2.85 bits per heavy atom. The first-order valence-electron chi connectivity index (χ1n) is 8.40. The van der Waals surface area contributed by atoms with Gasteiger partial charge in [0.25, 0.3) is 0 Å². The second-order valence-corrected chi connectivity index (χ2v) is 6.35. The molecule has 0 radical (unpaired) electrons. The van der Waals surface area contributed by atoms with Crippen LogP contribution in [0.15, 0.2) is 41.0 Å². The molecule has 0 saturated carbocycles. The maximum atomic E-state index is 13.0. The highest BCUT2D eigenvalue weighted by Crippen LogP contribution is 2.32. The fourth-order valence-corrected chi connectivity index (χ4v) is 3.07. The molecule has 0 bridgehead atoms. The van der Waals surface area contributed by atoms with Crippen LogP contribution in [0.2, 0.25) is 0 Å². The number of alkyl halides is 3. The standard InChI is InChI=1S/C18H16F3N3O3/c19-18(20,21)12-3-4-15-14(8-12)22-17(23-16(25)11-5-7-26-10-11)24(15)9-13-2-1-6-27-13/h1-4,6,8,11H,5,7,9-10H2,(H,22,23,25)/t11-/m0/s1. The maximum absolute atomic E-state index is 13.0. The smallest absolute Gasteiger partial charge is 0.416 e. The number of hydrogen-bond donors (Lipinski definition) is 1. The lowest BCUT2D eigenvalue weighted by Crippen LogP contribution is -2.24. The summed E-state index contributed by atoms with van der Waals surface area (Å²) in [5, 5.41) is 2.72. The number of benzene rings is 1. The number of nitrogens with one attached hydrogen (secondary N) is 1. The van der Waals surface area contributed by atoms with Crippen molar-refractivity contribution < 1.29 is 27.1 Å². The second kappa shape index (κ2) is 6.73. The van der Waals surface area contributed by atoms with Crippen molar-refractivity contribution in [3.05, 3.63) is 47.9 Å². The minimum Gasteiger partial charge on any atom is -0.467 e. The Kier molecular flexibility index (Phi) is 4.39. The molecule has 1 aromatic carbocycles. The second-order valence-electron chi connectivity index (χ2n) is 6.35. The average Bonchev–Trinajstić information content (AvgIpc) is 3.36. The molecule has 0 spiro atoms. The van der Waals surface area contributed by atoms with Crippen LogP contribution >= 0.6 is 0 Å². The number of hydrogen-bond acceptors (Lipinski definition) is 4. The maximum Gasteiger partial charge on any atom is 0.416 e. The molecule has 6 nitrogen and oxygen atoms in total. The van der Waals surface area contributed by atoms with Crippen molar-refractivity contribution in [1.29, 1.82) is 0 Å². The number of rotatable bonds is 4. The number of halogens is 3. The van der Waals surface area contributed by atoms with Crippen molar-refractivity contribution in [2.24, 2.45) is 5.92 Å². The third-order valence-electron chi connectivity index (χ3n) is 4.51. The molecule has 1 saturated heterocycles. The van der Waals surface area contributed by atoms with Gasteiger partial charge in [0.2, 0.25) is 11.9 Å². The number of ether oxygens (including phenoxy) is 1. The Hall–Kier alpha value is -2.81. The predicted octanol–water partition coefficient (Wildman–Crippen LogP) is 3.67. The minimum atomic E-state index is -4.47. The summed E-state index contributed by atoms with van der Waals surface area (Å²) in [6.45, 7) is 1.06. The third kappa shape index (κ3) is 3.55. The number of nitrogens with zero attached hydrogens (tertiary/aromatic N) is 2. The van der Waals surface area contributed by atoms with E-state index in [1.165, 1.54) is 12.3 Å². The van der Waals surface area contributed by atoms with Gasteiger partial charge in [-0.15, -0.1) is 0 Å². The lowest BCUT2D eigenvalue weighted by molar-refractivity contribution is -0.137. The van der Waals surface area contributed by atoms with Crippen molar-refractivity contribution in [3.63, 3.8) is 0 Å². The van der Waals surface area contributed by atoms with Gasteiger partial charge in [0, 0.05) is 6.61 Å². The quantitative estimate of drug-likeness (QED) is 0.751. The zero-order chi connectivity index (χ0) is 19.0. The Balaban J connectivity index is 1.73. The summed E-state index contributed by atoms with van der Waals surface area (Å²) >= 11 is 0. The normalized spacial score (nSPS) is 17.5. The molecule has 4 rings (SSSR count). The van der Waals surface area contributed by atoms with Gasteiger partial charge in [-0.1, -0.05) is 0 Å². The van der Waals surface area contributed by atoms with Gasteiger partial charge in [-0.3, -0.25) is 10.1 Å². The Bertz CT molecular complexity index is 958. The Morgan fingerprint density at radius 1 is 1.33 bits per heavy atom. The molecular formula is C18H16F3N3O3. The van der Waals surface area contributed by atoms with E-state index in [0.29, 0.717) is 30.9 Å². The summed E-state index contributed by atoms with van der Waals surface area (Å²) in [5.41, 5.74) is -0.175. The van der Waals surface area contributed by atoms with Crippen LogP contribution in [-0.2, 0) is 22.3 Å². The van der Waals surface area contributed by atoms with E-state index in [1.807, 2.05) is 0 Å². The molecule has 1 atom stereocenters. The molecule has 9 heteroatoms. The number of anilines is 1. The van der Waals surface area contributed by atoms with Crippen LogP contribution in [0.25, 0.3) is 11.0 Å². The molecule has 1 N–H and O–H groups in total. The minimum absolute atomic E-state index is 0.148. The van der Waals surface area contributed by atoms with Gasteiger partial charge < -0.3 is 13.7 Å². The molecule has 0 unspecified atom stereocenters. The number of amides is 1. The zero-order valence-electron chi connectivity index (χ0n) is 14.1. The third-order valence-corrected chi connectivity index (χ3v) is 4.51. The molecule has 0 aliphatic carbocycles. The van der Waals surface area contributed by atoms with Crippen molar-refractivity contribution >= 4 is 22.9 Å². The highest BCUT2D eigenvalue weighted by molar-refractivity contribution is 5.93. The molecule has 1 fully saturated rings. The van der Waals surface area contributed by atoms with Crippen LogP contribution in [0.1, 0.15) is 17.7 Å². The number of imidazole rings is 1. The Labute approximate surface area is 151 Å². The number of carbonyl (C=O) groups excluding carboxylic acids is 1. The van der Waals surface area contributed by atoms with Gasteiger partial charge in [-0.2, -0.15) is 13.2 Å². The lowest BCUT2D eigenvalue weighted by atomic mass is 10.1. The number of carbonyl (C=O) groups is 1. The van der Waals surface area contributed by atoms with Crippen molar-refractivity contribution in [3.8, 4) is 0 Å². The summed E-state index contributed by atoms with van der Waals surface area (Å²) in [6.07, 6.45) is -2.36. The summed E-state index contributed by atoms with van der Waals surface area (Å²) in [4.78, 5) is 16.7. The van der Waals surface area contributed by atoms with Gasteiger partial charge in [-0.05, 0) is 36.8 Å². The fourth-order valence-electron chi connectivity index (χ4n) is 3.07. The molecule has 1 aliphatic heterocycles. The first kappa shape index (κ1) is 17.6. The van der Waals surface area contributed by atoms with E-state index >= 15 is 0 Å². The fraction of sp³-hybridized carbons (Fsp3) is 0.333. The summed E-state index contributed by atoms with van der Waals surface area (Å²) in [6, 6.07) is 6.78. The number of fused-ring (bicyclic) bond motifs is 1. The zero-order valence-corrected chi connectivity index (χ0v) is 14.1. The van der Waals surface area contributed by atoms with Crippen LogP contribution in [0, 0.1) is 5.92 Å². The SMILES string of the molecule is O=C(Nc1nc2cc(C(F)(F)F)ccc2n1Cc1ccco1)[C@H]1CCOC1. The first-order chi connectivity index (χ1) is 12.9.